The highest BCUT2D eigenvalue weighted by Gasteiger charge is 2.53. The van der Waals surface area contributed by atoms with E-state index < -0.39 is 29.4 Å². The Morgan fingerprint density at radius 2 is 2.04 bits per heavy atom. The fourth-order valence-corrected chi connectivity index (χ4v) is 3.90. The third-order valence-corrected chi connectivity index (χ3v) is 5.74. The van der Waals surface area contributed by atoms with Crippen LogP contribution in [-0.2, 0) is 4.74 Å². The van der Waals surface area contributed by atoms with E-state index in [2.05, 4.69) is 17.5 Å². The summed E-state index contributed by atoms with van der Waals surface area (Å²) in [6.07, 6.45) is -4.06. The predicted octanol–water partition coefficient (Wildman–Crippen LogP) is 1.73. The van der Waals surface area contributed by atoms with Crippen LogP contribution < -0.4 is 20.9 Å². The number of nitrogens with two attached hydrogens (primary N) is 1. The molecule has 3 aliphatic rings. The number of halogens is 3. The first-order chi connectivity index (χ1) is 12.8. The van der Waals surface area contributed by atoms with Crippen LogP contribution in [-0.4, -0.2) is 55.8 Å². The van der Waals surface area contributed by atoms with Crippen LogP contribution in [0.25, 0.3) is 0 Å². The summed E-state index contributed by atoms with van der Waals surface area (Å²) in [5.74, 6) is 0.450. The Hall–Kier alpha value is -2.07. The molecule has 6 nitrogen and oxygen atoms in total. The fraction of sp³-hybridized carbons (Fsp3) is 0.529. The van der Waals surface area contributed by atoms with Crippen molar-refractivity contribution in [2.24, 2.45) is 17.6 Å². The summed E-state index contributed by atoms with van der Waals surface area (Å²) in [4.78, 5) is 14.7. The number of hydrogen-bond donors (Lipinski definition) is 2. The second-order valence-corrected chi connectivity index (χ2v) is 7.55. The summed E-state index contributed by atoms with van der Waals surface area (Å²) >= 11 is 4.49. The maximum atomic E-state index is 14.6. The molecule has 3 unspecified atom stereocenters. The van der Waals surface area contributed by atoms with Crippen LogP contribution in [0.3, 0.4) is 0 Å². The highest BCUT2D eigenvalue weighted by Crippen LogP contribution is 2.45. The summed E-state index contributed by atoms with van der Waals surface area (Å²) in [7, 11) is 0. The highest BCUT2D eigenvalue weighted by atomic mass is 32.1. The monoisotopic (exact) mass is 400 g/mol. The molecule has 1 amide bonds. The molecule has 0 aromatic heterocycles. The topological polar surface area (TPSA) is 70.8 Å². The van der Waals surface area contributed by atoms with E-state index in [1.165, 1.54) is 11.0 Å². The zero-order valence-corrected chi connectivity index (χ0v) is 15.1. The Kier molecular flexibility index (Phi) is 4.63. The standard InChI is InChI=1S/C17H19F3N4O2S/c18-12-3-8(1-2-13(12)23-6-10-11(7-23)14(10)21)24-5-9(26-17(24)25)4-22-16(27)15(19)20/h1-3,9-11,14-15H,4-7,21H2,(H,22,27). The van der Waals surface area contributed by atoms with Crippen molar-refractivity contribution in [3.8, 4) is 0 Å². The van der Waals surface area contributed by atoms with E-state index in [1.54, 1.807) is 12.1 Å². The van der Waals surface area contributed by atoms with E-state index in [1.807, 2.05) is 4.90 Å². The lowest BCUT2D eigenvalue weighted by Gasteiger charge is -2.23. The minimum atomic E-state index is -2.76. The highest BCUT2D eigenvalue weighted by molar-refractivity contribution is 7.80. The minimum Gasteiger partial charge on any atom is -0.442 e. The molecule has 2 aliphatic heterocycles. The van der Waals surface area contributed by atoms with Crippen molar-refractivity contribution in [2.75, 3.05) is 36.0 Å². The van der Waals surface area contributed by atoms with Gasteiger partial charge in [-0.05, 0) is 30.0 Å². The number of anilines is 2. The first kappa shape index (κ1) is 18.3. The first-order valence-electron chi connectivity index (χ1n) is 8.69. The van der Waals surface area contributed by atoms with Gasteiger partial charge < -0.3 is 20.7 Å². The molecular weight excluding hydrogens is 381 g/mol. The van der Waals surface area contributed by atoms with Gasteiger partial charge in [0.25, 0.3) is 6.43 Å². The van der Waals surface area contributed by atoms with Gasteiger partial charge in [-0.25, -0.2) is 18.0 Å². The van der Waals surface area contributed by atoms with Crippen LogP contribution in [0.15, 0.2) is 18.2 Å². The van der Waals surface area contributed by atoms with E-state index >= 15 is 0 Å². The third kappa shape index (κ3) is 3.43. The van der Waals surface area contributed by atoms with Gasteiger partial charge in [0.1, 0.15) is 16.9 Å². The first-order valence-corrected chi connectivity index (χ1v) is 9.10. The molecule has 0 radical (unpaired) electrons. The Labute approximate surface area is 159 Å². The summed E-state index contributed by atoms with van der Waals surface area (Å²) in [5.41, 5.74) is 6.77. The fourth-order valence-electron chi connectivity index (χ4n) is 3.82. The number of nitrogens with one attached hydrogen (secondary N) is 1. The number of thiocarbonyl (C=S) groups is 1. The quantitative estimate of drug-likeness (QED) is 0.734. The van der Waals surface area contributed by atoms with Gasteiger partial charge in [0, 0.05) is 19.1 Å². The number of ether oxygens (including phenoxy) is 1. The number of amides is 1. The van der Waals surface area contributed by atoms with Crippen LogP contribution >= 0.6 is 12.2 Å². The number of carbonyl (C=O) groups is 1. The van der Waals surface area contributed by atoms with Gasteiger partial charge in [-0.3, -0.25) is 4.90 Å². The van der Waals surface area contributed by atoms with Gasteiger partial charge in [0.15, 0.2) is 0 Å². The number of piperidine rings is 1. The SMILES string of the molecule is NC1C2CN(c3ccc(N4CC(CNC(=S)C(F)F)OC4=O)cc3F)CC12. The zero-order chi connectivity index (χ0) is 19.3. The number of benzene rings is 1. The Bertz CT molecular complexity index is 769. The number of nitrogens with zero attached hydrogens (tertiary/aromatic N) is 2. The molecule has 1 aromatic rings. The summed E-state index contributed by atoms with van der Waals surface area (Å²) in [5, 5.41) is 2.37. The lowest BCUT2D eigenvalue weighted by atomic mass is 10.2. The lowest BCUT2D eigenvalue weighted by molar-refractivity contribution is 0.142. The number of alkyl halides is 2. The molecule has 3 atom stereocenters. The van der Waals surface area contributed by atoms with E-state index in [0.29, 0.717) is 23.2 Å². The summed E-state index contributed by atoms with van der Waals surface area (Å²) < 4.78 is 44.5. The van der Waals surface area contributed by atoms with Gasteiger partial charge in [0.05, 0.1) is 24.5 Å². The molecule has 3 N–H and O–H groups in total. The molecule has 10 heteroatoms. The van der Waals surface area contributed by atoms with Crippen LogP contribution in [0, 0.1) is 17.7 Å². The zero-order valence-electron chi connectivity index (χ0n) is 14.3. The van der Waals surface area contributed by atoms with E-state index in [9.17, 15) is 18.0 Å². The number of carbonyl (C=O) groups excluding carboxylic acids is 1. The van der Waals surface area contributed by atoms with Gasteiger partial charge in [-0.1, -0.05) is 12.2 Å². The van der Waals surface area contributed by atoms with Gasteiger partial charge in [-0.2, -0.15) is 0 Å². The van der Waals surface area contributed by atoms with Crippen LogP contribution in [0.1, 0.15) is 0 Å². The molecule has 146 valence electrons. The third-order valence-electron chi connectivity index (χ3n) is 5.42. The molecule has 0 spiro atoms. The Morgan fingerprint density at radius 1 is 1.33 bits per heavy atom. The second kappa shape index (κ2) is 6.83. The minimum absolute atomic E-state index is 0.0250. The van der Waals surface area contributed by atoms with Gasteiger partial charge >= 0.3 is 6.09 Å². The van der Waals surface area contributed by atoms with Crippen molar-refractivity contribution in [3.63, 3.8) is 0 Å². The molecule has 2 saturated heterocycles. The van der Waals surface area contributed by atoms with Crippen molar-refractivity contribution in [3.05, 3.63) is 24.0 Å². The van der Waals surface area contributed by atoms with E-state index in [0.717, 1.165) is 13.1 Å². The molecular formula is C17H19F3N4O2S. The summed E-state index contributed by atoms with van der Waals surface area (Å²) in [6.45, 7) is 1.58. The van der Waals surface area contributed by atoms with E-state index in [-0.39, 0.29) is 19.1 Å². The van der Waals surface area contributed by atoms with E-state index in [4.69, 9.17) is 10.5 Å². The summed E-state index contributed by atoms with van der Waals surface area (Å²) in [6, 6.07) is 4.82. The molecule has 1 aromatic carbocycles. The molecule has 1 aliphatic carbocycles. The molecule has 4 rings (SSSR count). The average molecular weight is 400 g/mol. The average Bonchev–Trinajstić information content (AvgIpc) is 3.00. The molecule has 3 fully saturated rings. The number of cyclic esters (lactones) is 1. The van der Waals surface area contributed by atoms with Gasteiger partial charge in [0.2, 0.25) is 0 Å². The van der Waals surface area contributed by atoms with Crippen LogP contribution in [0.2, 0.25) is 0 Å². The number of hydrogen-bond acceptors (Lipinski definition) is 5. The van der Waals surface area contributed by atoms with Crippen molar-refractivity contribution in [1.29, 1.82) is 0 Å². The largest absolute Gasteiger partial charge is 0.442 e. The molecule has 27 heavy (non-hydrogen) atoms. The number of rotatable bonds is 5. The second-order valence-electron chi connectivity index (χ2n) is 7.11. The van der Waals surface area contributed by atoms with Crippen molar-refractivity contribution in [2.45, 2.75) is 18.6 Å². The van der Waals surface area contributed by atoms with Gasteiger partial charge in [-0.15, -0.1) is 0 Å². The smallest absolute Gasteiger partial charge is 0.414 e. The number of fused-ring (bicyclic) bond motifs is 1. The van der Waals surface area contributed by atoms with Crippen molar-refractivity contribution < 1.29 is 22.7 Å². The maximum absolute atomic E-state index is 14.6. The van der Waals surface area contributed by atoms with Crippen LogP contribution in [0.5, 0.6) is 0 Å². The lowest BCUT2D eigenvalue weighted by Crippen LogP contribution is -2.36. The van der Waals surface area contributed by atoms with Crippen molar-refractivity contribution >= 4 is 34.7 Å². The molecule has 1 saturated carbocycles. The van der Waals surface area contributed by atoms with Crippen LogP contribution in [0.4, 0.5) is 29.3 Å². The maximum Gasteiger partial charge on any atom is 0.414 e. The Morgan fingerprint density at radius 3 is 2.67 bits per heavy atom. The Balaban J connectivity index is 1.39. The normalized spacial score (nSPS) is 29.1. The predicted molar refractivity (Wildman–Crippen MR) is 97.8 cm³/mol. The molecule has 0 bridgehead atoms. The molecule has 2 heterocycles. The van der Waals surface area contributed by atoms with Crippen molar-refractivity contribution in [1.82, 2.24) is 5.32 Å².